The van der Waals surface area contributed by atoms with Crippen LogP contribution in [0.15, 0.2) is 12.1 Å². The Balaban J connectivity index is 2.02. The SMILES string of the molecule is COc1cc(CN(C)C[C@@H]2CC(=O)N(C)C2)cc(Cl)c1OCC(=O)O. The fourth-order valence-corrected chi connectivity index (χ4v) is 3.32. The third-order valence-corrected chi connectivity index (χ3v) is 4.35. The predicted molar refractivity (Wildman–Crippen MR) is 93.2 cm³/mol. The van der Waals surface area contributed by atoms with E-state index >= 15 is 0 Å². The molecule has 8 heteroatoms. The number of aliphatic carboxylic acids is 1. The third kappa shape index (κ3) is 5.24. The topological polar surface area (TPSA) is 79.3 Å². The van der Waals surface area contributed by atoms with Crippen molar-refractivity contribution in [2.45, 2.75) is 13.0 Å². The van der Waals surface area contributed by atoms with E-state index < -0.39 is 12.6 Å². The summed E-state index contributed by atoms with van der Waals surface area (Å²) in [4.78, 5) is 26.2. The number of methoxy groups -OCH3 is 1. The highest BCUT2D eigenvalue weighted by Crippen LogP contribution is 2.36. The molecule has 1 fully saturated rings. The molecule has 1 aliphatic heterocycles. The summed E-state index contributed by atoms with van der Waals surface area (Å²) in [5.41, 5.74) is 0.921. The molecule has 2 rings (SSSR count). The number of hydrogen-bond acceptors (Lipinski definition) is 5. The monoisotopic (exact) mass is 370 g/mol. The maximum atomic E-state index is 11.6. The number of benzene rings is 1. The smallest absolute Gasteiger partial charge is 0.341 e. The molecule has 0 radical (unpaired) electrons. The van der Waals surface area contributed by atoms with Crippen LogP contribution in [-0.2, 0) is 16.1 Å². The summed E-state index contributed by atoms with van der Waals surface area (Å²) in [5.74, 6) is 0.0352. The van der Waals surface area contributed by atoms with Gasteiger partial charge in [0.1, 0.15) is 0 Å². The van der Waals surface area contributed by atoms with Gasteiger partial charge in [-0.15, -0.1) is 0 Å². The van der Waals surface area contributed by atoms with Gasteiger partial charge in [-0.3, -0.25) is 4.79 Å². The third-order valence-electron chi connectivity index (χ3n) is 4.07. The van der Waals surface area contributed by atoms with Gasteiger partial charge in [0.2, 0.25) is 5.91 Å². The molecule has 0 aromatic heterocycles. The van der Waals surface area contributed by atoms with E-state index in [1.807, 2.05) is 14.1 Å². The average Bonchev–Trinajstić information content (AvgIpc) is 2.83. The number of carboxylic acids is 1. The molecule has 1 heterocycles. The van der Waals surface area contributed by atoms with Crippen LogP contribution in [0.1, 0.15) is 12.0 Å². The summed E-state index contributed by atoms with van der Waals surface area (Å²) in [6.07, 6.45) is 0.576. The Morgan fingerprint density at radius 1 is 1.48 bits per heavy atom. The summed E-state index contributed by atoms with van der Waals surface area (Å²) < 4.78 is 10.5. The molecule has 1 amide bonds. The lowest BCUT2D eigenvalue weighted by Gasteiger charge is -2.21. The van der Waals surface area contributed by atoms with Crippen LogP contribution >= 0.6 is 11.6 Å². The number of ether oxygens (including phenoxy) is 2. The number of hydrogen-bond donors (Lipinski definition) is 1. The van der Waals surface area contributed by atoms with Gasteiger partial charge < -0.3 is 24.4 Å². The minimum absolute atomic E-state index is 0.183. The van der Waals surface area contributed by atoms with Crippen molar-refractivity contribution in [3.05, 3.63) is 22.7 Å². The minimum Gasteiger partial charge on any atom is -0.493 e. The average molecular weight is 371 g/mol. The number of carboxylic acid groups (broad SMARTS) is 1. The Kier molecular flexibility index (Phi) is 6.50. The van der Waals surface area contributed by atoms with Gasteiger partial charge in [-0.05, 0) is 30.7 Å². The van der Waals surface area contributed by atoms with Gasteiger partial charge in [0.25, 0.3) is 0 Å². The number of rotatable bonds is 8. The van der Waals surface area contributed by atoms with Gasteiger partial charge in [-0.1, -0.05) is 11.6 Å². The number of nitrogens with zero attached hydrogens (tertiary/aromatic N) is 2. The largest absolute Gasteiger partial charge is 0.493 e. The highest BCUT2D eigenvalue weighted by Gasteiger charge is 2.27. The molecule has 7 nitrogen and oxygen atoms in total. The highest BCUT2D eigenvalue weighted by atomic mass is 35.5. The van der Waals surface area contributed by atoms with Gasteiger partial charge in [0, 0.05) is 33.1 Å². The Labute approximate surface area is 152 Å². The van der Waals surface area contributed by atoms with Gasteiger partial charge in [0.15, 0.2) is 18.1 Å². The van der Waals surface area contributed by atoms with Crippen molar-refractivity contribution < 1.29 is 24.2 Å². The fourth-order valence-electron chi connectivity index (χ4n) is 3.03. The van der Waals surface area contributed by atoms with Crippen LogP contribution in [0.2, 0.25) is 5.02 Å². The van der Waals surface area contributed by atoms with E-state index in [-0.39, 0.29) is 11.7 Å². The molecule has 0 unspecified atom stereocenters. The van der Waals surface area contributed by atoms with E-state index in [2.05, 4.69) is 4.90 Å². The van der Waals surface area contributed by atoms with Crippen LogP contribution in [-0.4, -0.2) is 67.7 Å². The Bertz CT molecular complexity index is 652. The molecule has 1 N–H and O–H groups in total. The van der Waals surface area contributed by atoms with Crippen molar-refractivity contribution >= 4 is 23.5 Å². The van der Waals surface area contributed by atoms with Crippen molar-refractivity contribution in [3.63, 3.8) is 0 Å². The predicted octanol–water partition coefficient (Wildman–Crippen LogP) is 1.72. The van der Waals surface area contributed by atoms with Crippen molar-refractivity contribution in [3.8, 4) is 11.5 Å². The summed E-state index contributed by atoms with van der Waals surface area (Å²) in [6, 6.07) is 3.52. The van der Waals surface area contributed by atoms with Crippen LogP contribution in [0.5, 0.6) is 11.5 Å². The zero-order valence-corrected chi connectivity index (χ0v) is 15.4. The molecule has 0 bridgehead atoms. The first-order valence-electron chi connectivity index (χ1n) is 7.93. The van der Waals surface area contributed by atoms with E-state index in [0.29, 0.717) is 29.7 Å². The summed E-state index contributed by atoms with van der Waals surface area (Å²) in [5, 5.41) is 9.04. The molecule has 0 saturated carbocycles. The maximum Gasteiger partial charge on any atom is 0.341 e. The van der Waals surface area contributed by atoms with E-state index in [9.17, 15) is 9.59 Å². The first kappa shape index (κ1) is 19.3. The van der Waals surface area contributed by atoms with Crippen molar-refractivity contribution in [2.24, 2.45) is 5.92 Å². The number of amides is 1. The van der Waals surface area contributed by atoms with E-state index in [0.717, 1.165) is 18.7 Å². The molecule has 25 heavy (non-hydrogen) atoms. The van der Waals surface area contributed by atoms with Gasteiger partial charge in [0.05, 0.1) is 12.1 Å². The van der Waals surface area contributed by atoms with Crippen LogP contribution < -0.4 is 9.47 Å². The van der Waals surface area contributed by atoms with Gasteiger partial charge >= 0.3 is 5.97 Å². The lowest BCUT2D eigenvalue weighted by atomic mass is 10.1. The first-order valence-corrected chi connectivity index (χ1v) is 8.31. The normalized spacial score (nSPS) is 17.2. The lowest BCUT2D eigenvalue weighted by molar-refractivity contribution is -0.139. The summed E-state index contributed by atoms with van der Waals surface area (Å²) in [6.45, 7) is 1.71. The molecule has 1 saturated heterocycles. The van der Waals surface area contributed by atoms with Crippen molar-refractivity contribution in [1.82, 2.24) is 9.80 Å². The van der Waals surface area contributed by atoms with Gasteiger partial charge in [-0.25, -0.2) is 4.79 Å². The molecule has 1 aromatic rings. The number of carbonyl (C=O) groups is 2. The van der Waals surface area contributed by atoms with Crippen LogP contribution in [0.3, 0.4) is 0 Å². The Morgan fingerprint density at radius 2 is 2.20 bits per heavy atom. The van der Waals surface area contributed by atoms with E-state index in [1.165, 1.54) is 7.11 Å². The zero-order chi connectivity index (χ0) is 18.6. The molecule has 0 aliphatic carbocycles. The lowest BCUT2D eigenvalue weighted by Crippen LogP contribution is -2.27. The second kappa shape index (κ2) is 8.40. The summed E-state index contributed by atoms with van der Waals surface area (Å²) >= 11 is 6.22. The maximum absolute atomic E-state index is 11.6. The molecule has 1 atom stereocenters. The standard InChI is InChI=1S/C17H23ClN2O5/c1-19(8-12-6-15(21)20(2)9-12)7-11-4-13(18)17(14(5-11)24-3)25-10-16(22)23/h4-5,12H,6-10H2,1-3H3,(H,22,23)/t12-/m0/s1. The molecule has 138 valence electrons. The Morgan fingerprint density at radius 3 is 2.76 bits per heavy atom. The van der Waals surface area contributed by atoms with E-state index in [4.69, 9.17) is 26.2 Å². The second-order valence-corrected chi connectivity index (χ2v) is 6.74. The quantitative estimate of drug-likeness (QED) is 0.750. The zero-order valence-electron chi connectivity index (χ0n) is 14.6. The second-order valence-electron chi connectivity index (χ2n) is 6.33. The van der Waals surface area contributed by atoms with Crippen LogP contribution in [0.25, 0.3) is 0 Å². The molecule has 0 spiro atoms. The molecular weight excluding hydrogens is 348 g/mol. The number of carbonyl (C=O) groups excluding carboxylic acids is 1. The van der Waals surface area contributed by atoms with Crippen molar-refractivity contribution in [1.29, 1.82) is 0 Å². The molecule has 1 aliphatic rings. The highest BCUT2D eigenvalue weighted by molar-refractivity contribution is 6.32. The van der Waals surface area contributed by atoms with Gasteiger partial charge in [-0.2, -0.15) is 0 Å². The van der Waals surface area contributed by atoms with E-state index in [1.54, 1.807) is 17.0 Å². The minimum atomic E-state index is -1.09. The number of likely N-dealkylation sites (tertiary alicyclic amines) is 1. The number of halogens is 1. The Hall–Kier alpha value is -1.99. The van der Waals surface area contributed by atoms with Crippen LogP contribution in [0, 0.1) is 5.92 Å². The first-order chi connectivity index (χ1) is 11.8. The molecule has 1 aromatic carbocycles. The fraction of sp³-hybridized carbons (Fsp3) is 0.529. The molecular formula is C17H23ClN2O5. The van der Waals surface area contributed by atoms with Crippen LogP contribution in [0.4, 0.5) is 0 Å². The summed E-state index contributed by atoms with van der Waals surface area (Å²) in [7, 11) is 5.29. The van der Waals surface area contributed by atoms with Crippen molar-refractivity contribution in [2.75, 3.05) is 40.9 Å².